The number of para-hydroxylation sites is 1. The van der Waals surface area contributed by atoms with Crippen molar-refractivity contribution in [2.45, 2.75) is 12.8 Å². The third-order valence-corrected chi connectivity index (χ3v) is 4.65. The third kappa shape index (κ3) is 3.73. The van der Waals surface area contributed by atoms with Crippen LogP contribution in [-0.4, -0.2) is 33.8 Å². The zero-order valence-electron chi connectivity index (χ0n) is 14.5. The molecular weight excluding hydrogens is 366 g/mol. The minimum atomic E-state index is -0.358. The molecule has 8 heteroatoms. The normalized spacial score (nSPS) is 13.7. The fourth-order valence-electron chi connectivity index (χ4n) is 3.17. The van der Waals surface area contributed by atoms with Crippen molar-refractivity contribution >= 4 is 29.1 Å². The van der Waals surface area contributed by atoms with Crippen LogP contribution in [0, 0.1) is 0 Å². The number of aromatic amines is 1. The maximum Gasteiger partial charge on any atom is 0.266 e. The Morgan fingerprint density at radius 2 is 1.85 bits per heavy atom. The number of carbonyl (C=O) groups excluding carboxylic acids is 1. The van der Waals surface area contributed by atoms with Crippen LogP contribution in [0.4, 0.5) is 11.6 Å². The van der Waals surface area contributed by atoms with Crippen LogP contribution in [0.1, 0.15) is 23.2 Å². The number of hydrogen-bond acceptors (Lipinski definition) is 4. The molecule has 0 aliphatic carbocycles. The number of H-pyrrole nitrogens is 1. The Hall–Kier alpha value is -3.06. The molecule has 2 aromatic heterocycles. The summed E-state index contributed by atoms with van der Waals surface area (Å²) in [6, 6.07) is 13.8. The summed E-state index contributed by atoms with van der Waals surface area (Å²) >= 11 is 6.13. The molecule has 2 N–H and O–H groups in total. The maximum atomic E-state index is 12.8. The predicted molar refractivity (Wildman–Crippen MR) is 105 cm³/mol. The lowest BCUT2D eigenvalue weighted by atomic mass is 10.2. The molecule has 0 bridgehead atoms. The highest BCUT2D eigenvalue weighted by atomic mass is 35.5. The number of hydrogen-bond donors (Lipinski definition) is 2. The van der Waals surface area contributed by atoms with Gasteiger partial charge in [-0.3, -0.25) is 14.7 Å². The average molecular weight is 384 g/mol. The summed E-state index contributed by atoms with van der Waals surface area (Å²) in [5.74, 6) is 0.690. The predicted octanol–water partition coefficient (Wildman–Crippen LogP) is 3.07. The lowest BCUT2D eigenvalue weighted by molar-refractivity contribution is 0.102. The van der Waals surface area contributed by atoms with Crippen LogP contribution in [0.15, 0.2) is 53.3 Å². The van der Waals surface area contributed by atoms with Crippen molar-refractivity contribution in [1.29, 1.82) is 0 Å². The highest BCUT2D eigenvalue weighted by molar-refractivity contribution is 6.30. The molecule has 0 spiro atoms. The Balaban J connectivity index is 1.63. The number of carbonyl (C=O) groups is 1. The molecule has 1 aliphatic rings. The summed E-state index contributed by atoms with van der Waals surface area (Å²) < 4.78 is 1.53. The van der Waals surface area contributed by atoms with Gasteiger partial charge in [-0.1, -0.05) is 29.8 Å². The summed E-state index contributed by atoms with van der Waals surface area (Å²) in [6.45, 7) is 1.81. The molecule has 138 valence electrons. The molecule has 1 fully saturated rings. The Morgan fingerprint density at radius 1 is 1.11 bits per heavy atom. The molecule has 4 rings (SSSR count). The molecule has 0 atom stereocenters. The molecule has 3 aromatic rings. The number of amides is 1. The van der Waals surface area contributed by atoms with Gasteiger partial charge in [0.1, 0.15) is 16.8 Å². The van der Waals surface area contributed by atoms with E-state index < -0.39 is 0 Å². The second-order valence-corrected chi connectivity index (χ2v) is 6.75. The molecule has 1 saturated heterocycles. The number of aromatic nitrogens is 3. The number of rotatable bonds is 4. The SMILES string of the molecule is O=C(Nc1cc(=O)[nH]n1-c1ccccc1)c1cc(Cl)nc(N2CCCC2)c1. The summed E-state index contributed by atoms with van der Waals surface area (Å²) in [5, 5.41) is 5.73. The molecule has 3 heterocycles. The lowest BCUT2D eigenvalue weighted by Crippen LogP contribution is -2.21. The molecule has 1 aliphatic heterocycles. The Labute approximate surface area is 160 Å². The highest BCUT2D eigenvalue weighted by Crippen LogP contribution is 2.23. The van der Waals surface area contributed by atoms with Gasteiger partial charge in [-0.2, -0.15) is 0 Å². The quantitative estimate of drug-likeness (QED) is 0.678. The first kappa shape index (κ1) is 17.4. The molecule has 1 amide bonds. The van der Waals surface area contributed by atoms with Crippen molar-refractivity contribution < 1.29 is 4.79 Å². The summed E-state index contributed by atoms with van der Waals surface area (Å²) in [5.41, 5.74) is 0.824. The van der Waals surface area contributed by atoms with E-state index in [1.54, 1.807) is 6.07 Å². The Morgan fingerprint density at radius 3 is 2.59 bits per heavy atom. The van der Waals surface area contributed by atoms with Gasteiger partial charge in [-0.15, -0.1) is 0 Å². The van der Waals surface area contributed by atoms with Crippen LogP contribution in [0.25, 0.3) is 5.69 Å². The minimum absolute atomic E-state index is 0.263. The molecular formula is C19H18ClN5O2. The van der Waals surface area contributed by atoms with Crippen LogP contribution >= 0.6 is 11.6 Å². The van der Waals surface area contributed by atoms with Gasteiger partial charge in [0.05, 0.1) is 5.69 Å². The van der Waals surface area contributed by atoms with Crippen LogP contribution in [0.2, 0.25) is 5.15 Å². The van der Waals surface area contributed by atoms with E-state index in [4.69, 9.17) is 11.6 Å². The molecule has 7 nitrogen and oxygen atoms in total. The van der Waals surface area contributed by atoms with E-state index in [1.165, 1.54) is 16.8 Å². The summed E-state index contributed by atoms with van der Waals surface area (Å²) in [7, 11) is 0. The monoisotopic (exact) mass is 383 g/mol. The van der Waals surface area contributed by atoms with Crippen molar-refractivity contribution in [1.82, 2.24) is 14.8 Å². The van der Waals surface area contributed by atoms with Crippen LogP contribution in [0.3, 0.4) is 0 Å². The van der Waals surface area contributed by atoms with Gasteiger partial charge in [0, 0.05) is 24.7 Å². The number of pyridine rings is 1. The number of nitrogens with zero attached hydrogens (tertiary/aromatic N) is 3. The largest absolute Gasteiger partial charge is 0.357 e. The molecule has 1 aromatic carbocycles. The average Bonchev–Trinajstić information content (AvgIpc) is 3.32. The topological polar surface area (TPSA) is 83.0 Å². The van der Waals surface area contributed by atoms with Crippen LogP contribution in [0.5, 0.6) is 0 Å². The fourth-order valence-corrected chi connectivity index (χ4v) is 3.38. The van der Waals surface area contributed by atoms with Gasteiger partial charge in [0.25, 0.3) is 11.5 Å². The lowest BCUT2D eigenvalue weighted by Gasteiger charge is -2.17. The van der Waals surface area contributed by atoms with Gasteiger partial charge >= 0.3 is 0 Å². The van der Waals surface area contributed by atoms with Crippen LogP contribution in [-0.2, 0) is 0 Å². The molecule has 0 radical (unpaired) electrons. The van der Waals surface area contributed by atoms with Gasteiger partial charge in [-0.05, 0) is 37.1 Å². The number of benzene rings is 1. The van der Waals surface area contributed by atoms with Crippen molar-refractivity contribution in [2.24, 2.45) is 0 Å². The second kappa shape index (κ2) is 7.28. The third-order valence-electron chi connectivity index (χ3n) is 4.46. The summed E-state index contributed by atoms with van der Waals surface area (Å²) in [4.78, 5) is 31.0. The van der Waals surface area contributed by atoms with Crippen molar-refractivity contribution in [3.63, 3.8) is 0 Å². The van der Waals surface area contributed by atoms with Crippen LogP contribution < -0.4 is 15.8 Å². The first-order valence-corrected chi connectivity index (χ1v) is 9.09. The van der Waals surface area contributed by atoms with Crippen molar-refractivity contribution in [3.05, 3.63) is 69.6 Å². The molecule has 27 heavy (non-hydrogen) atoms. The van der Waals surface area contributed by atoms with E-state index in [0.717, 1.165) is 31.6 Å². The Bertz CT molecular complexity index is 1020. The maximum absolute atomic E-state index is 12.8. The van der Waals surface area contributed by atoms with Crippen molar-refractivity contribution in [2.75, 3.05) is 23.3 Å². The van der Waals surface area contributed by atoms with Gasteiger partial charge < -0.3 is 10.2 Å². The highest BCUT2D eigenvalue weighted by Gasteiger charge is 2.18. The number of nitrogens with one attached hydrogen (secondary N) is 2. The van der Waals surface area contributed by atoms with Gasteiger partial charge in [-0.25, -0.2) is 9.67 Å². The Kier molecular flexibility index (Phi) is 4.68. The zero-order valence-corrected chi connectivity index (χ0v) is 15.2. The fraction of sp³-hybridized carbons (Fsp3) is 0.211. The molecule has 0 unspecified atom stereocenters. The van der Waals surface area contributed by atoms with E-state index in [2.05, 4.69) is 20.3 Å². The first-order valence-electron chi connectivity index (χ1n) is 8.71. The minimum Gasteiger partial charge on any atom is -0.357 e. The van der Waals surface area contributed by atoms with E-state index in [-0.39, 0.29) is 16.6 Å². The van der Waals surface area contributed by atoms with Gasteiger partial charge in [0.15, 0.2) is 0 Å². The second-order valence-electron chi connectivity index (χ2n) is 6.36. The smallest absolute Gasteiger partial charge is 0.266 e. The van der Waals surface area contributed by atoms with E-state index in [9.17, 15) is 9.59 Å². The van der Waals surface area contributed by atoms with E-state index in [0.29, 0.717) is 17.2 Å². The summed E-state index contributed by atoms with van der Waals surface area (Å²) in [6.07, 6.45) is 2.20. The number of halogens is 1. The molecule has 0 saturated carbocycles. The van der Waals surface area contributed by atoms with E-state index in [1.807, 2.05) is 30.3 Å². The zero-order chi connectivity index (χ0) is 18.8. The van der Waals surface area contributed by atoms with Crippen molar-refractivity contribution in [3.8, 4) is 5.69 Å². The number of anilines is 2. The first-order chi connectivity index (χ1) is 13.1. The standard InChI is InChI=1S/C19H18ClN5O2/c20-15-10-13(11-16(21-15)24-8-4-5-9-24)19(27)22-17-12-18(26)23-25(17)14-6-2-1-3-7-14/h1-3,6-7,10-12H,4-5,8-9H2,(H,22,27)(H,23,26). The van der Waals surface area contributed by atoms with E-state index >= 15 is 0 Å². The van der Waals surface area contributed by atoms with Gasteiger partial charge in [0.2, 0.25) is 0 Å².